The fraction of sp³-hybridized carbons (Fsp3) is 0.333. The lowest BCUT2D eigenvalue weighted by Crippen LogP contribution is -2.04. The van der Waals surface area contributed by atoms with Gasteiger partial charge in [-0.1, -0.05) is 12.2 Å². The van der Waals surface area contributed by atoms with Crippen LogP contribution in [-0.2, 0) is 18.2 Å². The van der Waals surface area contributed by atoms with E-state index in [-0.39, 0.29) is 13.2 Å². The Hall–Kier alpha value is -0.450. The number of phosphoric acid groups is 1. The average Bonchev–Trinajstić information content (AvgIpc) is 2.11. The maximum Gasteiger partial charge on any atom is 0.491 e. The minimum atomic E-state index is -3.60. The van der Waals surface area contributed by atoms with Gasteiger partial charge in [0.2, 0.25) is 0 Å². The van der Waals surface area contributed by atoms with Crippen molar-refractivity contribution in [2.75, 3.05) is 13.2 Å². The van der Waals surface area contributed by atoms with Gasteiger partial charge in [0, 0.05) is 0 Å². The average molecular weight is 193 g/mol. The third kappa shape index (κ3) is 4.43. The molecule has 12 heavy (non-hydrogen) atoms. The Morgan fingerprint density at radius 1 is 1.25 bits per heavy atom. The van der Waals surface area contributed by atoms with E-state index in [1.54, 1.807) is 0 Å². The standard InChI is InChI=1S/C6H12NO4P/c1-3-5-9-12(8,11-7)10-6-4-2/h3-4H,1-2,5-7H2. The van der Waals surface area contributed by atoms with E-state index in [4.69, 9.17) is 5.90 Å². The molecule has 0 aromatic heterocycles. The van der Waals surface area contributed by atoms with Crippen molar-refractivity contribution in [1.82, 2.24) is 0 Å². The Morgan fingerprint density at radius 3 is 1.92 bits per heavy atom. The van der Waals surface area contributed by atoms with Gasteiger partial charge in [0.25, 0.3) is 0 Å². The maximum absolute atomic E-state index is 11.2. The van der Waals surface area contributed by atoms with Crippen molar-refractivity contribution in [3.63, 3.8) is 0 Å². The van der Waals surface area contributed by atoms with Crippen LogP contribution in [0.3, 0.4) is 0 Å². The number of nitrogens with two attached hydrogens (primary N) is 1. The lowest BCUT2D eigenvalue weighted by atomic mass is 10.7. The molecule has 0 radical (unpaired) electrons. The Labute approximate surface area is 71.4 Å². The molecule has 0 atom stereocenters. The van der Waals surface area contributed by atoms with Crippen molar-refractivity contribution in [2.45, 2.75) is 0 Å². The molecule has 0 saturated carbocycles. The van der Waals surface area contributed by atoms with Gasteiger partial charge in [0.05, 0.1) is 13.2 Å². The van der Waals surface area contributed by atoms with E-state index in [0.717, 1.165) is 0 Å². The summed E-state index contributed by atoms with van der Waals surface area (Å²) >= 11 is 0. The second kappa shape index (κ2) is 6.11. The summed E-state index contributed by atoms with van der Waals surface area (Å²) in [4.78, 5) is 0. The van der Waals surface area contributed by atoms with Crippen molar-refractivity contribution < 1.29 is 18.2 Å². The van der Waals surface area contributed by atoms with E-state index in [1.165, 1.54) is 12.2 Å². The Bertz CT molecular complexity index is 178. The topological polar surface area (TPSA) is 70.8 Å². The zero-order chi connectivity index (χ0) is 9.45. The van der Waals surface area contributed by atoms with Crippen LogP contribution in [0.5, 0.6) is 0 Å². The molecule has 0 fully saturated rings. The predicted molar refractivity (Wildman–Crippen MR) is 45.2 cm³/mol. The summed E-state index contributed by atoms with van der Waals surface area (Å²) in [6.07, 6.45) is 2.81. The lowest BCUT2D eigenvalue weighted by Gasteiger charge is -2.12. The first kappa shape index (κ1) is 11.6. The smallest absolute Gasteiger partial charge is 0.282 e. The van der Waals surface area contributed by atoms with Gasteiger partial charge in [-0.25, -0.2) is 15.1 Å². The number of hydrogen-bond acceptors (Lipinski definition) is 5. The van der Waals surface area contributed by atoms with Gasteiger partial charge in [-0.05, 0) is 0 Å². The molecule has 0 heterocycles. The van der Waals surface area contributed by atoms with E-state index in [2.05, 4.69) is 26.8 Å². The van der Waals surface area contributed by atoms with Crippen molar-refractivity contribution in [1.29, 1.82) is 0 Å². The molecule has 0 bridgehead atoms. The summed E-state index contributed by atoms with van der Waals surface area (Å²) in [5.41, 5.74) is 0. The summed E-state index contributed by atoms with van der Waals surface area (Å²) in [5.74, 6) is 4.71. The molecule has 0 unspecified atom stereocenters. The Kier molecular flexibility index (Phi) is 5.88. The van der Waals surface area contributed by atoms with Crippen LogP contribution in [0.25, 0.3) is 0 Å². The van der Waals surface area contributed by atoms with Gasteiger partial charge < -0.3 is 0 Å². The van der Waals surface area contributed by atoms with Crippen molar-refractivity contribution in [3.8, 4) is 0 Å². The monoisotopic (exact) mass is 193 g/mol. The van der Waals surface area contributed by atoms with Crippen LogP contribution in [0.15, 0.2) is 25.3 Å². The zero-order valence-corrected chi connectivity index (χ0v) is 7.54. The van der Waals surface area contributed by atoms with Gasteiger partial charge >= 0.3 is 7.82 Å². The first-order chi connectivity index (χ1) is 5.68. The molecule has 0 aliphatic carbocycles. The van der Waals surface area contributed by atoms with Gasteiger partial charge in [0.15, 0.2) is 0 Å². The summed E-state index contributed by atoms with van der Waals surface area (Å²) in [6.45, 7) is 6.81. The molecule has 6 heteroatoms. The first-order valence-electron chi connectivity index (χ1n) is 3.18. The summed E-state index contributed by atoms with van der Waals surface area (Å²) in [5, 5.41) is 0. The fourth-order valence-electron chi connectivity index (χ4n) is 0.386. The summed E-state index contributed by atoms with van der Waals surface area (Å²) < 4.78 is 24.6. The molecule has 0 saturated heterocycles. The molecular weight excluding hydrogens is 181 g/mol. The van der Waals surface area contributed by atoms with E-state index in [9.17, 15) is 4.57 Å². The molecule has 0 amide bonds. The van der Waals surface area contributed by atoms with Crippen molar-refractivity contribution in [2.24, 2.45) is 5.90 Å². The molecule has 2 N–H and O–H groups in total. The van der Waals surface area contributed by atoms with E-state index >= 15 is 0 Å². The summed E-state index contributed by atoms with van der Waals surface area (Å²) in [6, 6.07) is 0. The minimum Gasteiger partial charge on any atom is -0.282 e. The van der Waals surface area contributed by atoms with Gasteiger partial charge in [0.1, 0.15) is 0 Å². The molecule has 0 spiro atoms. The quantitative estimate of drug-likeness (QED) is 0.376. The van der Waals surface area contributed by atoms with E-state index in [1.807, 2.05) is 0 Å². The molecule has 70 valence electrons. The second-order valence-electron chi connectivity index (χ2n) is 1.72. The highest BCUT2D eigenvalue weighted by atomic mass is 31.2. The third-order valence-electron chi connectivity index (χ3n) is 0.830. The van der Waals surface area contributed by atoms with Crippen molar-refractivity contribution in [3.05, 3.63) is 25.3 Å². The molecule has 0 rings (SSSR count). The van der Waals surface area contributed by atoms with Crippen LogP contribution in [0.4, 0.5) is 0 Å². The number of rotatable bonds is 7. The minimum absolute atomic E-state index is 0.0472. The van der Waals surface area contributed by atoms with E-state index < -0.39 is 7.82 Å². The van der Waals surface area contributed by atoms with Crippen LogP contribution in [0.2, 0.25) is 0 Å². The predicted octanol–water partition coefficient (Wildman–Crippen LogP) is 1.39. The highest BCUT2D eigenvalue weighted by Gasteiger charge is 2.24. The molecule has 0 aliphatic heterocycles. The highest BCUT2D eigenvalue weighted by Crippen LogP contribution is 2.47. The normalized spacial score (nSPS) is 11.1. The molecule has 5 nitrogen and oxygen atoms in total. The molecule has 0 aromatic rings. The van der Waals surface area contributed by atoms with Crippen LogP contribution in [0, 0.1) is 0 Å². The Balaban J connectivity index is 3.94. The second-order valence-corrected chi connectivity index (χ2v) is 3.34. The van der Waals surface area contributed by atoms with Gasteiger partial charge in [-0.2, -0.15) is 0 Å². The number of phosphoric ester groups is 1. The molecular formula is C6H12NO4P. The lowest BCUT2D eigenvalue weighted by molar-refractivity contribution is 0.132. The maximum atomic E-state index is 11.2. The van der Waals surface area contributed by atoms with Crippen LogP contribution >= 0.6 is 7.82 Å². The molecule has 0 aliphatic rings. The Morgan fingerprint density at radius 2 is 1.67 bits per heavy atom. The van der Waals surface area contributed by atoms with Crippen LogP contribution in [0.1, 0.15) is 0 Å². The van der Waals surface area contributed by atoms with Crippen LogP contribution < -0.4 is 5.90 Å². The zero-order valence-electron chi connectivity index (χ0n) is 6.64. The largest absolute Gasteiger partial charge is 0.491 e. The summed E-state index contributed by atoms with van der Waals surface area (Å²) in [7, 11) is -3.60. The first-order valence-corrected chi connectivity index (χ1v) is 4.64. The SMILES string of the molecule is C=CCOP(=O)(ON)OCC=C. The number of hydrogen-bond donors (Lipinski definition) is 1. The van der Waals surface area contributed by atoms with Gasteiger partial charge in [-0.3, -0.25) is 9.05 Å². The third-order valence-corrected chi connectivity index (χ3v) is 2.02. The van der Waals surface area contributed by atoms with Gasteiger partial charge in [-0.15, -0.1) is 13.2 Å². The van der Waals surface area contributed by atoms with E-state index in [0.29, 0.717) is 0 Å². The molecule has 0 aromatic carbocycles. The highest BCUT2D eigenvalue weighted by molar-refractivity contribution is 7.48. The van der Waals surface area contributed by atoms with Crippen LogP contribution in [-0.4, -0.2) is 13.2 Å². The van der Waals surface area contributed by atoms with Crippen molar-refractivity contribution >= 4 is 7.82 Å². The fourth-order valence-corrected chi connectivity index (χ4v) is 1.16.